The summed E-state index contributed by atoms with van der Waals surface area (Å²) in [5.74, 6) is -0.959. The fourth-order valence-electron chi connectivity index (χ4n) is 2.30. The summed E-state index contributed by atoms with van der Waals surface area (Å²) in [5, 5.41) is 0. The lowest BCUT2D eigenvalue weighted by molar-refractivity contribution is -0.598. The van der Waals surface area contributed by atoms with Crippen LogP contribution < -0.4 is 21.2 Å². The molecule has 0 heterocycles. The molecular weight excluding hydrogens is 432 g/mol. The Kier molecular flexibility index (Phi) is 5.90. The molecule has 0 radical (unpaired) electrons. The lowest BCUT2D eigenvalue weighted by Gasteiger charge is -2.07. The van der Waals surface area contributed by atoms with Gasteiger partial charge in [-0.25, -0.2) is 4.79 Å². The average molecular weight is 449 g/mol. The van der Waals surface area contributed by atoms with Crippen LogP contribution in [0.1, 0.15) is 27.0 Å². The Bertz CT molecular complexity index is 714. The number of alkyl halides is 3. The standard InChI is InChI=1S/C18H17F3IO2/c1-11-8-12(2)16(13(3)9-11)22-15-6-4-14(5-7-15)17(23)24-10-18(19,20)21/h4-9H,10H2,1-3H3/q+1. The van der Waals surface area contributed by atoms with Gasteiger partial charge in [0.25, 0.3) is 0 Å². The number of hydrogen-bond donors (Lipinski definition) is 0. The van der Waals surface area contributed by atoms with E-state index in [-0.39, 0.29) is 5.56 Å². The number of benzene rings is 2. The second-order valence-electron chi connectivity index (χ2n) is 5.51. The summed E-state index contributed by atoms with van der Waals surface area (Å²) in [7, 11) is 0. The summed E-state index contributed by atoms with van der Waals surface area (Å²) < 4.78 is 42.9. The number of rotatable bonds is 4. The molecule has 0 atom stereocenters. The van der Waals surface area contributed by atoms with Crippen molar-refractivity contribution >= 4 is 5.97 Å². The molecule has 0 bridgehead atoms. The van der Waals surface area contributed by atoms with Crippen molar-refractivity contribution in [3.8, 4) is 0 Å². The molecule has 0 aliphatic heterocycles. The number of ether oxygens (including phenoxy) is 1. The third-order valence-electron chi connectivity index (χ3n) is 3.23. The van der Waals surface area contributed by atoms with E-state index < -0.39 is 40.0 Å². The molecule has 0 fully saturated rings. The van der Waals surface area contributed by atoms with Crippen LogP contribution in [0.15, 0.2) is 36.4 Å². The highest BCUT2D eigenvalue weighted by molar-refractivity contribution is 5.89. The van der Waals surface area contributed by atoms with Crippen LogP contribution in [0.3, 0.4) is 0 Å². The number of carbonyl (C=O) groups is 1. The zero-order valence-electron chi connectivity index (χ0n) is 13.5. The molecule has 0 spiro atoms. The van der Waals surface area contributed by atoms with Crippen molar-refractivity contribution in [2.24, 2.45) is 0 Å². The number of hydrogen-bond acceptors (Lipinski definition) is 2. The first-order valence-corrected chi connectivity index (χ1v) is 9.38. The first-order chi connectivity index (χ1) is 11.2. The van der Waals surface area contributed by atoms with Gasteiger partial charge < -0.3 is 4.74 Å². The van der Waals surface area contributed by atoms with E-state index in [9.17, 15) is 18.0 Å². The molecule has 0 saturated carbocycles. The third kappa shape index (κ3) is 5.22. The van der Waals surface area contributed by atoms with Gasteiger partial charge in [0.2, 0.25) is 0 Å². The van der Waals surface area contributed by atoms with Gasteiger partial charge in [0, 0.05) is 11.1 Å². The van der Waals surface area contributed by atoms with Crippen LogP contribution in [0, 0.1) is 27.9 Å². The Morgan fingerprint density at radius 2 is 1.58 bits per heavy atom. The minimum Gasteiger partial charge on any atom is -0.452 e. The predicted octanol–water partition coefficient (Wildman–Crippen LogP) is 1.46. The zero-order chi connectivity index (χ0) is 17.9. The van der Waals surface area contributed by atoms with Crippen molar-refractivity contribution in [1.29, 1.82) is 0 Å². The molecule has 2 aromatic rings. The topological polar surface area (TPSA) is 26.3 Å². The summed E-state index contributed by atoms with van der Waals surface area (Å²) in [6, 6.07) is 10.9. The molecule has 0 aliphatic rings. The van der Waals surface area contributed by atoms with E-state index in [1.54, 1.807) is 12.1 Å². The molecule has 0 unspecified atom stereocenters. The fourth-order valence-corrected chi connectivity index (χ4v) is 4.80. The van der Waals surface area contributed by atoms with Gasteiger partial charge in [0.15, 0.2) is 13.7 Å². The number of carbonyl (C=O) groups excluding carboxylic acids is 1. The maximum Gasteiger partial charge on any atom is 0.422 e. The van der Waals surface area contributed by atoms with Gasteiger partial charge in [-0.2, -0.15) is 13.2 Å². The average Bonchev–Trinajstić information content (AvgIpc) is 2.48. The number of aryl methyl sites for hydroxylation is 3. The Hall–Kier alpha value is -1.57. The van der Waals surface area contributed by atoms with E-state index in [2.05, 4.69) is 37.6 Å². The van der Waals surface area contributed by atoms with Gasteiger partial charge in [-0.15, -0.1) is 0 Å². The molecule has 2 aromatic carbocycles. The Balaban J connectivity index is 2.09. The molecular formula is C18H17F3IO2+. The summed E-state index contributed by atoms with van der Waals surface area (Å²) in [6.45, 7) is 4.65. The van der Waals surface area contributed by atoms with Crippen LogP contribution in [0.25, 0.3) is 0 Å². The van der Waals surface area contributed by atoms with E-state index in [1.807, 2.05) is 0 Å². The minimum atomic E-state index is -4.51. The molecule has 2 nitrogen and oxygen atoms in total. The van der Waals surface area contributed by atoms with Crippen molar-refractivity contribution < 1.29 is 43.9 Å². The lowest BCUT2D eigenvalue weighted by Crippen LogP contribution is -3.62. The Labute approximate surface area is 149 Å². The van der Waals surface area contributed by atoms with E-state index in [0.29, 0.717) is 0 Å². The summed E-state index contributed by atoms with van der Waals surface area (Å²) in [6.07, 6.45) is -4.51. The maximum absolute atomic E-state index is 12.1. The fraction of sp³-hybridized carbons (Fsp3) is 0.278. The van der Waals surface area contributed by atoms with Crippen molar-refractivity contribution in [2.45, 2.75) is 26.9 Å². The third-order valence-corrected chi connectivity index (χ3v) is 6.81. The van der Waals surface area contributed by atoms with Crippen LogP contribution >= 0.6 is 0 Å². The normalized spacial score (nSPS) is 11.4. The van der Waals surface area contributed by atoms with Crippen LogP contribution in [0.2, 0.25) is 0 Å². The first-order valence-electron chi connectivity index (χ1n) is 7.22. The highest BCUT2D eigenvalue weighted by Gasteiger charge is 2.30. The maximum atomic E-state index is 12.1. The molecule has 0 saturated heterocycles. The van der Waals surface area contributed by atoms with Gasteiger partial charge in [0.05, 0.1) is 5.56 Å². The zero-order valence-corrected chi connectivity index (χ0v) is 15.7. The molecule has 0 N–H and O–H groups in total. The number of esters is 1. The quantitative estimate of drug-likeness (QED) is 0.522. The van der Waals surface area contributed by atoms with Gasteiger partial charge in [-0.05, 0) is 45.0 Å². The van der Waals surface area contributed by atoms with E-state index in [0.717, 1.165) is 3.57 Å². The van der Waals surface area contributed by atoms with Crippen molar-refractivity contribution in [2.75, 3.05) is 6.61 Å². The largest absolute Gasteiger partial charge is 0.452 e. The summed E-state index contributed by atoms with van der Waals surface area (Å²) >= 11 is -0.419. The summed E-state index contributed by atoms with van der Waals surface area (Å²) in [5.41, 5.74) is 3.84. The van der Waals surface area contributed by atoms with E-state index in [4.69, 9.17) is 0 Å². The second-order valence-corrected chi connectivity index (χ2v) is 8.37. The van der Waals surface area contributed by atoms with Gasteiger partial charge in [0.1, 0.15) is 0 Å². The summed E-state index contributed by atoms with van der Waals surface area (Å²) in [4.78, 5) is 11.6. The van der Waals surface area contributed by atoms with E-state index in [1.165, 1.54) is 32.4 Å². The second kappa shape index (κ2) is 7.55. The molecule has 128 valence electrons. The predicted molar refractivity (Wildman–Crippen MR) is 80.8 cm³/mol. The highest BCUT2D eigenvalue weighted by Crippen LogP contribution is 2.15. The van der Waals surface area contributed by atoms with Crippen molar-refractivity contribution in [3.63, 3.8) is 0 Å². The Morgan fingerprint density at radius 1 is 1.04 bits per heavy atom. The molecule has 0 aliphatic carbocycles. The van der Waals surface area contributed by atoms with Crippen LogP contribution in [0.5, 0.6) is 0 Å². The van der Waals surface area contributed by atoms with Gasteiger partial charge >= 0.3 is 33.4 Å². The van der Waals surface area contributed by atoms with Crippen molar-refractivity contribution in [3.05, 3.63) is 65.8 Å². The van der Waals surface area contributed by atoms with Crippen LogP contribution in [-0.4, -0.2) is 18.8 Å². The molecule has 0 amide bonds. The minimum absolute atomic E-state index is 0.129. The molecule has 2 rings (SSSR count). The highest BCUT2D eigenvalue weighted by atomic mass is 127. The van der Waals surface area contributed by atoms with E-state index >= 15 is 0 Å². The van der Waals surface area contributed by atoms with Crippen LogP contribution in [-0.2, 0) is 4.74 Å². The van der Waals surface area contributed by atoms with Crippen LogP contribution in [0.4, 0.5) is 13.2 Å². The smallest absolute Gasteiger partial charge is 0.422 e. The first kappa shape index (κ1) is 18.8. The van der Waals surface area contributed by atoms with Crippen molar-refractivity contribution in [1.82, 2.24) is 0 Å². The molecule has 6 heteroatoms. The lowest BCUT2D eigenvalue weighted by atomic mass is 10.1. The van der Waals surface area contributed by atoms with Gasteiger partial charge in [-0.3, -0.25) is 0 Å². The molecule has 24 heavy (non-hydrogen) atoms. The molecule has 0 aromatic heterocycles. The number of halogens is 4. The van der Waals surface area contributed by atoms with Gasteiger partial charge in [-0.1, -0.05) is 17.7 Å². The SMILES string of the molecule is Cc1cc(C)c([I+]c2ccc(C(=O)OCC(F)(F)F)cc2)c(C)c1. The Morgan fingerprint density at radius 3 is 2.08 bits per heavy atom. The monoisotopic (exact) mass is 449 g/mol.